The summed E-state index contributed by atoms with van der Waals surface area (Å²) in [6.07, 6.45) is 0.0339. The molecule has 2 rings (SSSR count). The Balaban J connectivity index is 2.30. The third kappa shape index (κ3) is 3.61. The Bertz CT molecular complexity index is 551. The summed E-state index contributed by atoms with van der Waals surface area (Å²) >= 11 is 12.1. The number of nitrogens with zero attached hydrogens (tertiary/aromatic N) is 2. The van der Waals surface area contributed by atoms with E-state index in [1.165, 1.54) is 12.1 Å². The topological polar surface area (TPSA) is 69.8 Å². The average molecular weight is 332 g/mol. The van der Waals surface area contributed by atoms with Gasteiger partial charge in [-0.2, -0.15) is 0 Å². The van der Waals surface area contributed by atoms with Crippen LogP contribution >= 0.6 is 23.2 Å². The summed E-state index contributed by atoms with van der Waals surface area (Å²) in [5.41, 5.74) is 6.40. The molecule has 2 atom stereocenters. The number of nitrogen functional groups attached to an aromatic ring is 1. The van der Waals surface area contributed by atoms with Crippen LogP contribution < -0.4 is 5.73 Å². The minimum Gasteiger partial charge on any atom is -0.399 e. The SMILES string of the molecule is CN(C)CC1CC(O)CN1C(=O)c1cc(N)cc(Cl)c1Cl. The van der Waals surface area contributed by atoms with Crippen LogP contribution in [0.25, 0.3) is 0 Å². The third-order valence-electron chi connectivity index (χ3n) is 3.51. The fourth-order valence-corrected chi connectivity index (χ4v) is 3.07. The van der Waals surface area contributed by atoms with Crippen molar-refractivity contribution in [3.8, 4) is 0 Å². The van der Waals surface area contributed by atoms with E-state index in [1.807, 2.05) is 19.0 Å². The first-order chi connectivity index (χ1) is 9.79. The highest BCUT2D eigenvalue weighted by Crippen LogP contribution is 2.31. The van der Waals surface area contributed by atoms with Crippen molar-refractivity contribution < 1.29 is 9.90 Å². The molecule has 0 radical (unpaired) electrons. The van der Waals surface area contributed by atoms with E-state index in [9.17, 15) is 9.90 Å². The molecule has 1 aliphatic heterocycles. The van der Waals surface area contributed by atoms with Crippen LogP contribution in [0.2, 0.25) is 10.0 Å². The first-order valence-corrected chi connectivity index (χ1v) is 7.43. The van der Waals surface area contributed by atoms with Gasteiger partial charge in [-0.1, -0.05) is 23.2 Å². The Morgan fingerprint density at radius 3 is 2.76 bits per heavy atom. The first kappa shape index (κ1) is 16.4. The predicted octanol–water partition coefficient (Wildman–Crippen LogP) is 1.71. The van der Waals surface area contributed by atoms with Gasteiger partial charge in [0, 0.05) is 24.8 Å². The summed E-state index contributed by atoms with van der Waals surface area (Å²) in [5, 5.41) is 10.3. The van der Waals surface area contributed by atoms with Crippen LogP contribution in [0, 0.1) is 0 Å². The Morgan fingerprint density at radius 2 is 2.14 bits per heavy atom. The number of carbonyl (C=O) groups is 1. The lowest BCUT2D eigenvalue weighted by atomic mass is 10.1. The van der Waals surface area contributed by atoms with Gasteiger partial charge in [0.25, 0.3) is 5.91 Å². The highest BCUT2D eigenvalue weighted by molar-refractivity contribution is 6.44. The Kier molecular flexibility index (Phi) is 4.99. The molecule has 7 heteroatoms. The van der Waals surface area contributed by atoms with Crippen LogP contribution in [-0.2, 0) is 0 Å². The zero-order chi connectivity index (χ0) is 15.7. The van der Waals surface area contributed by atoms with E-state index in [4.69, 9.17) is 28.9 Å². The number of nitrogens with two attached hydrogens (primary N) is 1. The van der Waals surface area contributed by atoms with Crippen molar-refractivity contribution in [3.05, 3.63) is 27.7 Å². The van der Waals surface area contributed by atoms with E-state index in [-0.39, 0.29) is 27.6 Å². The summed E-state index contributed by atoms with van der Waals surface area (Å²) < 4.78 is 0. The summed E-state index contributed by atoms with van der Waals surface area (Å²) in [6, 6.07) is 2.98. The summed E-state index contributed by atoms with van der Waals surface area (Å²) in [4.78, 5) is 16.3. The molecule has 0 saturated carbocycles. The smallest absolute Gasteiger partial charge is 0.255 e. The molecule has 2 unspecified atom stereocenters. The largest absolute Gasteiger partial charge is 0.399 e. The Morgan fingerprint density at radius 1 is 1.48 bits per heavy atom. The lowest BCUT2D eigenvalue weighted by Crippen LogP contribution is -2.41. The second kappa shape index (κ2) is 6.40. The van der Waals surface area contributed by atoms with Crippen LogP contribution in [0.4, 0.5) is 5.69 Å². The number of anilines is 1. The van der Waals surface area contributed by atoms with Gasteiger partial charge in [0.2, 0.25) is 0 Å². The minimum absolute atomic E-state index is 0.0567. The highest BCUT2D eigenvalue weighted by atomic mass is 35.5. The number of aliphatic hydroxyl groups excluding tert-OH is 1. The van der Waals surface area contributed by atoms with E-state index in [2.05, 4.69) is 0 Å². The van der Waals surface area contributed by atoms with E-state index in [0.717, 1.165) is 0 Å². The second-order valence-corrected chi connectivity index (χ2v) is 6.41. The van der Waals surface area contributed by atoms with Crippen LogP contribution in [0.15, 0.2) is 12.1 Å². The van der Waals surface area contributed by atoms with Crippen molar-refractivity contribution >= 4 is 34.8 Å². The minimum atomic E-state index is -0.519. The summed E-state index contributed by atoms with van der Waals surface area (Å²) in [6.45, 7) is 0.969. The molecule has 0 spiro atoms. The van der Waals surface area contributed by atoms with E-state index >= 15 is 0 Å². The lowest BCUT2D eigenvalue weighted by Gasteiger charge is -2.27. The zero-order valence-corrected chi connectivity index (χ0v) is 13.5. The number of amides is 1. The van der Waals surface area contributed by atoms with Crippen molar-refractivity contribution in [2.45, 2.75) is 18.6 Å². The van der Waals surface area contributed by atoms with Crippen molar-refractivity contribution in [1.29, 1.82) is 0 Å². The number of likely N-dealkylation sites (tertiary alicyclic amines) is 1. The molecule has 1 fully saturated rings. The normalized spacial score (nSPS) is 22.1. The number of rotatable bonds is 3. The van der Waals surface area contributed by atoms with E-state index in [1.54, 1.807) is 4.90 Å². The van der Waals surface area contributed by atoms with Gasteiger partial charge in [0.05, 0.1) is 21.7 Å². The number of halogens is 2. The Hall–Kier alpha value is -1.01. The number of β-amino-alcohol motifs (C(OH)–C–C–N with tert-alkyl or cyclic N) is 1. The molecule has 21 heavy (non-hydrogen) atoms. The molecule has 1 aliphatic rings. The molecular formula is C14H19Cl2N3O2. The van der Waals surface area contributed by atoms with Gasteiger partial charge in [0.1, 0.15) is 0 Å². The molecule has 1 heterocycles. The quantitative estimate of drug-likeness (QED) is 0.827. The number of benzene rings is 1. The number of carbonyl (C=O) groups excluding carboxylic acids is 1. The molecule has 0 aliphatic carbocycles. The molecule has 0 bridgehead atoms. The molecule has 1 saturated heterocycles. The Labute approximate surface area is 134 Å². The van der Waals surface area contributed by atoms with Gasteiger partial charge < -0.3 is 20.6 Å². The third-order valence-corrected chi connectivity index (χ3v) is 4.31. The van der Waals surface area contributed by atoms with Crippen molar-refractivity contribution in [2.75, 3.05) is 32.9 Å². The molecule has 1 aromatic rings. The van der Waals surface area contributed by atoms with Crippen molar-refractivity contribution in [2.24, 2.45) is 0 Å². The van der Waals surface area contributed by atoms with E-state index in [0.29, 0.717) is 25.2 Å². The highest BCUT2D eigenvalue weighted by Gasteiger charge is 2.35. The number of aliphatic hydroxyl groups is 1. The summed E-state index contributed by atoms with van der Waals surface area (Å²) in [7, 11) is 3.86. The number of hydrogen-bond acceptors (Lipinski definition) is 4. The maximum absolute atomic E-state index is 12.7. The van der Waals surface area contributed by atoms with Crippen molar-refractivity contribution in [1.82, 2.24) is 9.80 Å². The van der Waals surface area contributed by atoms with E-state index < -0.39 is 6.10 Å². The molecule has 1 aromatic carbocycles. The van der Waals surface area contributed by atoms with Gasteiger partial charge in [0.15, 0.2) is 0 Å². The second-order valence-electron chi connectivity index (χ2n) is 5.63. The van der Waals surface area contributed by atoms with Crippen molar-refractivity contribution in [3.63, 3.8) is 0 Å². The number of hydrogen-bond donors (Lipinski definition) is 2. The molecule has 1 amide bonds. The monoisotopic (exact) mass is 331 g/mol. The molecule has 116 valence electrons. The molecule has 3 N–H and O–H groups in total. The first-order valence-electron chi connectivity index (χ1n) is 6.68. The predicted molar refractivity (Wildman–Crippen MR) is 84.9 cm³/mol. The van der Waals surface area contributed by atoms with Crippen LogP contribution in [0.3, 0.4) is 0 Å². The average Bonchev–Trinajstić information content (AvgIpc) is 2.73. The zero-order valence-electron chi connectivity index (χ0n) is 12.0. The summed E-state index contributed by atoms with van der Waals surface area (Å²) in [5.74, 6) is -0.252. The molecular weight excluding hydrogens is 313 g/mol. The maximum atomic E-state index is 12.7. The number of likely N-dealkylation sites (N-methyl/N-ethyl adjacent to an activating group) is 1. The van der Waals surface area contributed by atoms with Crippen LogP contribution in [-0.4, -0.2) is 60.1 Å². The van der Waals surface area contributed by atoms with Gasteiger partial charge in [-0.3, -0.25) is 4.79 Å². The van der Waals surface area contributed by atoms with Gasteiger partial charge in [-0.05, 0) is 32.6 Å². The fraction of sp³-hybridized carbons (Fsp3) is 0.500. The lowest BCUT2D eigenvalue weighted by molar-refractivity contribution is 0.0699. The van der Waals surface area contributed by atoms with Crippen LogP contribution in [0.5, 0.6) is 0 Å². The molecule has 5 nitrogen and oxygen atoms in total. The van der Waals surface area contributed by atoms with Gasteiger partial charge >= 0.3 is 0 Å². The maximum Gasteiger partial charge on any atom is 0.255 e. The molecule has 0 aromatic heterocycles. The standard InChI is InChI=1S/C14H19Cl2N3O2/c1-18(2)6-9-5-10(20)7-19(9)14(21)11-3-8(17)4-12(15)13(11)16/h3-4,9-10,20H,5-7,17H2,1-2H3. The van der Waals surface area contributed by atoms with Crippen LogP contribution in [0.1, 0.15) is 16.8 Å². The van der Waals surface area contributed by atoms with Gasteiger partial charge in [-0.15, -0.1) is 0 Å². The van der Waals surface area contributed by atoms with Gasteiger partial charge in [-0.25, -0.2) is 0 Å². The fourth-order valence-electron chi connectivity index (χ4n) is 2.66.